The Balaban J connectivity index is 1.56. The summed E-state index contributed by atoms with van der Waals surface area (Å²) in [5.74, 6) is 1.15. The smallest absolute Gasteiger partial charge is 0.169 e. The Hall–Kier alpha value is -4.99. The van der Waals surface area contributed by atoms with Gasteiger partial charge in [-0.1, -0.05) is 65.8 Å². The molecule has 1 aromatic heterocycles. The third kappa shape index (κ3) is 5.16. The van der Waals surface area contributed by atoms with E-state index in [2.05, 4.69) is 95.0 Å². The molecule has 3 aromatic carbocycles. The van der Waals surface area contributed by atoms with Gasteiger partial charge in [0, 0.05) is 23.1 Å². The van der Waals surface area contributed by atoms with Crippen molar-refractivity contribution in [3.63, 3.8) is 0 Å². The first-order valence-electron chi connectivity index (χ1n) is 13.6. The number of hydrogen-bond donors (Lipinski definition) is 0. The van der Waals surface area contributed by atoms with E-state index in [1.165, 1.54) is 11.1 Å². The molecular weight excluding hydrogens is 508 g/mol. The molecule has 6 nitrogen and oxygen atoms in total. The summed E-state index contributed by atoms with van der Waals surface area (Å²) in [6.07, 6.45) is -0.437. The Morgan fingerprint density at radius 1 is 0.732 bits per heavy atom. The lowest BCUT2D eigenvalue weighted by Crippen LogP contribution is -2.17. The third-order valence-corrected chi connectivity index (χ3v) is 7.50. The summed E-state index contributed by atoms with van der Waals surface area (Å²) >= 11 is 0. The van der Waals surface area contributed by atoms with Crippen LogP contribution in [0.15, 0.2) is 82.3 Å². The first-order chi connectivity index (χ1) is 19.4. The molecule has 5 rings (SSSR count). The second kappa shape index (κ2) is 10.2. The summed E-state index contributed by atoms with van der Waals surface area (Å²) in [4.78, 5) is 2.21. The summed E-state index contributed by atoms with van der Waals surface area (Å²) in [7, 11) is 0. The van der Waals surface area contributed by atoms with Crippen molar-refractivity contribution < 1.29 is 9.15 Å². The SMILES string of the molecule is CC(C)(C)c1ccc(N(c2ccc(C(C)(C)C)cc2)c2ccc3c4c(oc3c2)CC(C(C#N)=C(C#N)C#N)O4)cc1. The Labute approximate surface area is 241 Å². The molecule has 0 amide bonds. The van der Waals surface area contributed by atoms with E-state index >= 15 is 0 Å². The van der Waals surface area contributed by atoms with Crippen molar-refractivity contribution in [2.24, 2.45) is 0 Å². The van der Waals surface area contributed by atoms with E-state index in [-0.39, 0.29) is 28.4 Å². The van der Waals surface area contributed by atoms with Crippen LogP contribution in [0.1, 0.15) is 58.4 Å². The lowest BCUT2D eigenvalue weighted by atomic mass is 9.86. The lowest BCUT2D eigenvalue weighted by Gasteiger charge is -2.28. The van der Waals surface area contributed by atoms with Crippen molar-refractivity contribution in [1.29, 1.82) is 15.8 Å². The number of fused-ring (bicyclic) bond motifs is 3. The summed E-state index contributed by atoms with van der Waals surface area (Å²) in [6.45, 7) is 13.2. The minimum Gasteiger partial charge on any atom is -0.480 e. The van der Waals surface area contributed by atoms with Gasteiger partial charge in [-0.15, -0.1) is 0 Å². The van der Waals surface area contributed by atoms with E-state index in [9.17, 15) is 15.8 Å². The molecule has 204 valence electrons. The van der Waals surface area contributed by atoms with Gasteiger partial charge in [-0.3, -0.25) is 0 Å². The number of ether oxygens (including phenoxy) is 1. The predicted molar refractivity (Wildman–Crippen MR) is 160 cm³/mol. The van der Waals surface area contributed by atoms with Gasteiger partial charge in [-0.2, -0.15) is 15.8 Å². The molecule has 1 aliphatic heterocycles. The van der Waals surface area contributed by atoms with Crippen LogP contribution < -0.4 is 9.64 Å². The summed E-state index contributed by atoms with van der Waals surface area (Å²) in [5, 5.41) is 28.8. The second-order valence-electron chi connectivity index (χ2n) is 12.4. The standard InChI is InChI=1S/C35H32N4O2/c1-34(2,3)23-7-11-25(12-8-23)39(26-13-9-24(10-14-26)35(4,5)6)27-15-16-28-30(17-27)40-32-18-31(41-33(28)32)29(21-38)22(19-36)20-37/h7-17,31H,18H2,1-6H3. The molecule has 6 heteroatoms. The van der Waals surface area contributed by atoms with Crippen molar-refractivity contribution in [2.45, 2.75) is 64.9 Å². The van der Waals surface area contributed by atoms with Crippen molar-refractivity contribution in [3.8, 4) is 24.0 Å². The molecule has 1 aliphatic rings. The fraction of sp³-hybridized carbons (Fsp3) is 0.286. The molecule has 0 saturated carbocycles. The van der Waals surface area contributed by atoms with Crippen LogP contribution in [0.4, 0.5) is 17.1 Å². The highest BCUT2D eigenvalue weighted by molar-refractivity contribution is 5.91. The number of rotatable bonds is 4. The zero-order chi connectivity index (χ0) is 29.5. The van der Waals surface area contributed by atoms with Crippen LogP contribution in [0.3, 0.4) is 0 Å². The Kier molecular flexibility index (Phi) is 6.86. The third-order valence-electron chi connectivity index (χ3n) is 7.50. The van der Waals surface area contributed by atoms with Gasteiger partial charge in [0.15, 0.2) is 11.5 Å². The molecule has 4 aromatic rings. The summed E-state index contributed by atoms with van der Waals surface area (Å²) in [6, 6.07) is 28.8. The highest BCUT2D eigenvalue weighted by Gasteiger charge is 2.34. The molecule has 1 unspecified atom stereocenters. The molecule has 0 saturated heterocycles. The highest BCUT2D eigenvalue weighted by atomic mass is 16.5. The molecule has 0 bridgehead atoms. The Morgan fingerprint density at radius 3 is 1.71 bits per heavy atom. The van der Waals surface area contributed by atoms with Gasteiger partial charge in [0.05, 0.1) is 17.4 Å². The van der Waals surface area contributed by atoms with Crippen molar-refractivity contribution >= 4 is 28.0 Å². The molecule has 0 fully saturated rings. The molecule has 0 radical (unpaired) electrons. The van der Waals surface area contributed by atoms with Gasteiger partial charge in [0.2, 0.25) is 0 Å². The van der Waals surface area contributed by atoms with Crippen molar-refractivity contribution in [3.05, 3.63) is 94.8 Å². The van der Waals surface area contributed by atoms with Crippen molar-refractivity contribution in [1.82, 2.24) is 0 Å². The highest BCUT2D eigenvalue weighted by Crippen LogP contribution is 2.44. The first kappa shape index (κ1) is 27.6. The largest absolute Gasteiger partial charge is 0.480 e. The van der Waals surface area contributed by atoms with Gasteiger partial charge < -0.3 is 14.1 Å². The predicted octanol–water partition coefficient (Wildman–Crippen LogP) is 8.67. The van der Waals surface area contributed by atoms with E-state index in [1.54, 1.807) is 12.1 Å². The maximum atomic E-state index is 9.56. The minimum atomic E-state index is -0.716. The van der Waals surface area contributed by atoms with Gasteiger partial charge >= 0.3 is 0 Å². The Bertz CT molecular complexity index is 1700. The fourth-order valence-corrected chi connectivity index (χ4v) is 5.13. The number of nitriles is 3. The maximum Gasteiger partial charge on any atom is 0.169 e. The summed E-state index contributed by atoms with van der Waals surface area (Å²) < 4.78 is 12.3. The van der Waals surface area contributed by atoms with Gasteiger partial charge in [0.1, 0.15) is 35.5 Å². The molecule has 2 heterocycles. The van der Waals surface area contributed by atoms with Crippen LogP contribution in [-0.4, -0.2) is 6.10 Å². The number of anilines is 3. The molecule has 0 aliphatic carbocycles. The molecule has 41 heavy (non-hydrogen) atoms. The number of benzene rings is 3. The van der Waals surface area contributed by atoms with Crippen LogP contribution in [0.25, 0.3) is 11.0 Å². The second-order valence-corrected chi connectivity index (χ2v) is 12.4. The molecule has 0 spiro atoms. The average molecular weight is 541 g/mol. The molecule has 0 N–H and O–H groups in total. The van der Waals surface area contributed by atoms with Crippen LogP contribution in [0.2, 0.25) is 0 Å². The number of allylic oxidation sites excluding steroid dienone is 1. The van der Waals surface area contributed by atoms with E-state index in [0.717, 1.165) is 22.4 Å². The van der Waals surface area contributed by atoms with E-state index in [0.29, 0.717) is 17.1 Å². The van der Waals surface area contributed by atoms with E-state index in [1.807, 2.05) is 24.3 Å². The topological polar surface area (TPSA) is 97.0 Å². The number of nitrogens with zero attached hydrogens (tertiary/aromatic N) is 4. The number of hydrogen-bond acceptors (Lipinski definition) is 6. The molecular formula is C35H32N4O2. The monoisotopic (exact) mass is 540 g/mol. The van der Waals surface area contributed by atoms with Gasteiger partial charge in [0.25, 0.3) is 0 Å². The first-order valence-corrected chi connectivity index (χ1v) is 13.6. The summed E-state index contributed by atoms with van der Waals surface area (Å²) in [5.41, 5.74) is 6.05. The van der Waals surface area contributed by atoms with E-state index in [4.69, 9.17) is 9.15 Å². The van der Waals surface area contributed by atoms with E-state index < -0.39 is 6.10 Å². The number of furan rings is 1. The van der Waals surface area contributed by atoms with Crippen LogP contribution in [0, 0.1) is 34.0 Å². The van der Waals surface area contributed by atoms with Crippen molar-refractivity contribution in [2.75, 3.05) is 4.90 Å². The fourth-order valence-electron chi connectivity index (χ4n) is 5.13. The van der Waals surface area contributed by atoms with Crippen LogP contribution in [0.5, 0.6) is 5.75 Å². The normalized spacial score (nSPS) is 14.4. The maximum absolute atomic E-state index is 9.56. The minimum absolute atomic E-state index is 0.0229. The van der Waals surface area contributed by atoms with Crippen LogP contribution in [-0.2, 0) is 17.3 Å². The quantitative estimate of drug-likeness (QED) is 0.240. The Morgan fingerprint density at radius 2 is 1.24 bits per heavy atom. The van der Waals surface area contributed by atoms with Crippen LogP contribution >= 0.6 is 0 Å². The zero-order valence-electron chi connectivity index (χ0n) is 24.2. The zero-order valence-corrected chi connectivity index (χ0v) is 24.2. The van der Waals surface area contributed by atoms with Gasteiger partial charge in [-0.25, -0.2) is 0 Å². The average Bonchev–Trinajstić information content (AvgIpc) is 3.49. The van der Waals surface area contributed by atoms with Gasteiger partial charge in [-0.05, 0) is 58.4 Å². The molecule has 1 atom stereocenters. The lowest BCUT2D eigenvalue weighted by molar-refractivity contribution is 0.277.